The molecule has 0 spiro atoms. The highest BCUT2D eigenvalue weighted by molar-refractivity contribution is 8.13. The third-order valence-corrected chi connectivity index (χ3v) is 5.46. The highest BCUT2D eigenvalue weighted by Crippen LogP contribution is 2.34. The average Bonchev–Trinajstić information content (AvgIpc) is 2.78. The fourth-order valence-electron chi connectivity index (χ4n) is 2.79. The number of thioether (sulfide) groups is 1. The predicted octanol–water partition coefficient (Wildman–Crippen LogP) is 5.16. The molecule has 3 aromatic carbocycles. The van der Waals surface area contributed by atoms with Crippen molar-refractivity contribution < 1.29 is 19.4 Å². The number of aliphatic hydroxyl groups is 1. The summed E-state index contributed by atoms with van der Waals surface area (Å²) >= 11 is 1.03. The molecule has 148 valence electrons. The number of aliphatic hydroxyl groups excluding tert-OH is 1. The molecular formula is C24H22O4S. The van der Waals surface area contributed by atoms with Gasteiger partial charge in [0.05, 0.1) is 0 Å². The van der Waals surface area contributed by atoms with Gasteiger partial charge in [0.2, 0.25) is 0 Å². The molecule has 3 rings (SSSR count). The maximum absolute atomic E-state index is 12.4. The topological polar surface area (TPSA) is 63.6 Å². The number of esters is 1. The van der Waals surface area contributed by atoms with Gasteiger partial charge in [-0.1, -0.05) is 91.5 Å². The summed E-state index contributed by atoms with van der Waals surface area (Å²) in [6.45, 7) is 1.86. The molecular weight excluding hydrogens is 384 g/mol. The molecule has 0 aliphatic carbocycles. The van der Waals surface area contributed by atoms with Gasteiger partial charge in [0.15, 0.2) is 11.2 Å². The first kappa shape index (κ1) is 20.8. The Hall–Kier alpha value is -2.89. The first-order valence-corrected chi connectivity index (χ1v) is 10.2. The second kappa shape index (κ2) is 10.0. The van der Waals surface area contributed by atoms with Crippen molar-refractivity contribution in [1.29, 1.82) is 0 Å². The van der Waals surface area contributed by atoms with E-state index < -0.39 is 12.1 Å². The first-order chi connectivity index (χ1) is 14.1. The predicted molar refractivity (Wildman–Crippen MR) is 114 cm³/mol. The van der Waals surface area contributed by atoms with Gasteiger partial charge in [-0.2, -0.15) is 0 Å². The minimum absolute atomic E-state index is 0.0404. The van der Waals surface area contributed by atoms with Gasteiger partial charge < -0.3 is 9.84 Å². The Morgan fingerprint density at radius 2 is 1.59 bits per heavy atom. The lowest BCUT2D eigenvalue weighted by molar-refractivity contribution is -0.155. The Kier molecular flexibility index (Phi) is 7.22. The monoisotopic (exact) mass is 406 g/mol. The molecule has 0 saturated heterocycles. The molecule has 1 N–H and O–H groups in total. The SMILES string of the molecule is CCC(=O)Sc1cc(-c2ccccc2)ccc1C(O)C(=O)OCc1ccccc1. The van der Waals surface area contributed by atoms with E-state index in [9.17, 15) is 14.7 Å². The van der Waals surface area contributed by atoms with Gasteiger partial charge in [0.1, 0.15) is 6.61 Å². The number of carbonyl (C=O) groups excluding carboxylic acids is 2. The zero-order valence-corrected chi connectivity index (χ0v) is 16.9. The molecule has 5 heteroatoms. The third-order valence-electron chi connectivity index (χ3n) is 4.37. The lowest BCUT2D eigenvalue weighted by Gasteiger charge is -2.16. The number of hydrogen-bond acceptors (Lipinski definition) is 5. The van der Waals surface area contributed by atoms with Gasteiger partial charge in [-0.25, -0.2) is 4.79 Å². The molecule has 0 heterocycles. The van der Waals surface area contributed by atoms with Gasteiger partial charge in [-0.05, 0) is 22.8 Å². The molecule has 0 aromatic heterocycles. The Morgan fingerprint density at radius 3 is 2.24 bits per heavy atom. The van der Waals surface area contributed by atoms with Gasteiger partial charge in [-0.15, -0.1) is 0 Å². The van der Waals surface area contributed by atoms with Crippen LogP contribution in [0.15, 0.2) is 83.8 Å². The summed E-state index contributed by atoms with van der Waals surface area (Å²) in [6, 6.07) is 24.4. The lowest BCUT2D eigenvalue weighted by Crippen LogP contribution is -2.16. The normalized spacial score (nSPS) is 11.7. The number of carbonyl (C=O) groups is 2. The van der Waals surface area contributed by atoms with Crippen LogP contribution in [0.3, 0.4) is 0 Å². The minimum Gasteiger partial charge on any atom is -0.459 e. The largest absolute Gasteiger partial charge is 0.459 e. The molecule has 1 atom stereocenters. The van der Waals surface area contributed by atoms with Crippen molar-refractivity contribution in [3.8, 4) is 11.1 Å². The van der Waals surface area contributed by atoms with Crippen molar-refractivity contribution in [1.82, 2.24) is 0 Å². The molecule has 0 saturated carbocycles. The number of benzene rings is 3. The lowest BCUT2D eigenvalue weighted by atomic mass is 10.0. The Morgan fingerprint density at radius 1 is 0.931 bits per heavy atom. The van der Waals surface area contributed by atoms with E-state index in [0.717, 1.165) is 28.5 Å². The average molecular weight is 407 g/mol. The van der Waals surface area contributed by atoms with E-state index in [0.29, 0.717) is 16.9 Å². The van der Waals surface area contributed by atoms with Gasteiger partial charge in [0, 0.05) is 16.9 Å². The van der Waals surface area contributed by atoms with Crippen molar-refractivity contribution in [2.24, 2.45) is 0 Å². The van der Waals surface area contributed by atoms with E-state index in [4.69, 9.17) is 4.74 Å². The van der Waals surface area contributed by atoms with Crippen LogP contribution in [0, 0.1) is 0 Å². The van der Waals surface area contributed by atoms with Crippen molar-refractivity contribution in [2.45, 2.75) is 31.0 Å². The van der Waals surface area contributed by atoms with Crippen molar-refractivity contribution in [2.75, 3.05) is 0 Å². The molecule has 0 aliphatic heterocycles. The maximum Gasteiger partial charge on any atom is 0.340 e. The van der Waals surface area contributed by atoms with Crippen LogP contribution >= 0.6 is 11.8 Å². The van der Waals surface area contributed by atoms with E-state index >= 15 is 0 Å². The van der Waals surface area contributed by atoms with Gasteiger partial charge >= 0.3 is 5.97 Å². The summed E-state index contributed by atoms with van der Waals surface area (Å²) < 4.78 is 5.26. The summed E-state index contributed by atoms with van der Waals surface area (Å²) in [5.41, 5.74) is 3.11. The standard InChI is InChI=1S/C24H22O4S/c1-2-22(25)29-21-15-19(18-11-7-4-8-12-18)13-14-20(21)23(26)24(27)28-16-17-9-5-3-6-10-17/h3-15,23,26H,2,16H2,1H3. The number of hydrogen-bond donors (Lipinski definition) is 1. The van der Waals surface area contributed by atoms with Crippen LogP contribution in [0.2, 0.25) is 0 Å². The zero-order valence-electron chi connectivity index (χ0n) is 16.1. The van der Waals surface area contributed by atoms with Gasteiger partial charge in [0.25, 0.3) is 0 Å². The fraction of sp³-hybridized carbons (Fsp3) is 0.167. The first-order valence-electron chi connectivity index (χ1n) is 9.37. The van der Waals surface area contributed by atoms with Crippen LogP contribution in [0.1, 0.15) is 30.6 Å². The minimum atomic E-state index is -1.46. The molecule has 3 aromatic rings. The van der Waals surface area contributed by atoms with E-state index in [2.05, 4.69) is 0 Å². The molecule has 0 aliphatic rings. The van der Waals surface area contributed by atoms with Gasteiger partial charge in [-0.3, -0.25) is 4.79 Å². The summed E-state index contributed by atoms with van der Waals surface area (Å²) in [5.74, 6) is -0.743. The molecule has 29 heavy (non-hydrogen) atoms. The summed E-state index contributed by atoms with van der Waals surface area (Å²) in [5, 5.41) is 10.6. The molecule has 4 nitrogen and oxygen atoms in total. The summed E-state index contributed by atoms with van der Waals surface area (Å²) in [7, 11) is 0. The number of rotatable bonds is 7. The van der Waals surface area contributed by atoms with Crippen LogP contribution in [-0.4, -0.2) is 16.2 Å². The molecule has 1 unspecified atom stereocenters. The van der Waals surface area contributed by atoms with E-state index in [-0.39, 0.29) is 11.7 Å². The Labute approximate surface area is 174 Å². The van der Waals surface area contributed by atoms with Crippen LogP contribution in [-0.2, 0) is 20.9 Å². The van der Waals surface area contributed by atoms with Crippen LogP contribution < -0.4 is 0 Å². The van der Waals surface area contributed by atoms with Crippen molar-refractivity contribution >= 4 is 22.8 Å². The smallest absolute Gasteiger partial charge is 0.340 e. The number of ether oxygens (including phenoxy) is 1. The summed E-state index contributed by atoms with van der Waals surface area (Å²) in [6.07, 6.45) is -1.11. The molecule has 0 bridgehead atoms. The van der Waals surface area contributed by atoms with E-state index in [1.807, 2.05) is 72.8 Å². The fourth-order valence-corrected chi connectivity index (χ4v) is 3.66. The second-order valence-corrected chi connectivity index (χ2v) is 7.54. The molecule has 0 amide bonds. The van der Waals surface area contributed by atoms with E-state index in [1.54, 1.807) is 13.0 Å². The second-order valence-electron chi connectivity index (χ2n) is 6.44. The maximum atomic E-state index is 12.4. The van der Waals surface area contributed by atoms with E-state index in [1.165, 1.54) is 0 Å². The highest BCUT2D eigenvalue weighted by atomic mass is 32.2. The zero-order chi connectivity index (χ0) is 20.6. The highest BCUT2D eigenvalue weighted by Gasteiger charge is 2.24. The molecule has 0 fully saturated rings. The third kappa shape index (κ3) is 5.56. The van der Waals surface area contributed by atoms with Crippen molar-refractivity contribution in [3.63, 3.8) is 0 Å². The quantitative estimate of drug-likeness (QED) is 0.434. The van der Waals surface area contributed by atoms with Crippen LogP contribution in [0.25, 0.3) is 11.1 Å². The van der Waals surface area contributed by atoms with Crippen LogP contribution in [0.4, 0.5) is 0 Å². The van der Waals surface area contributed by atoms with Crippen LogP contribution in [0.5, 0.6) is 0 Å². The Bertz CT molecular complexity index is 971. The Balaban J connectivity index is 1.83. The summed E-state index contributed by atoms with van der Waals surface area (Å²) in [4.78, 5) is 25.0. The molecule has 0 radical (unpaired) electrons. The van der Waals surface area contributed by atoms with Crippen molar-refractivity contribution in [3.05, 3.63) is 90.0 Å².